The van der Waals surface area contributed by atoms with Crippen molar-refractivity contribution < 1.29 is 9.53 Å². The number of rotatable bonds is 5. The van der Waals surface area contributed by atoms with Crippen molar-refractivity contribution in [2.24, 2.45) is 0 Å². The Morgan fingerprint density at radius 1 is 1.19 bits per heavy atom. The maximum atomic E-state index is 11.3. The third-order valence-electron chi connectivity index (χ3n) is 4.59. The van der Waals surface area contributed by atoms with Gasteiger partial charge in [0.1, 0.15) is 0 Å². The smallest absolute Gasteiger partial charge is 0.330 e. The van der Waals surface area contributed by atoms with Gasteiger partial charge in [-0.25, -0.2) is 4.79 Å². The second-order valence-corrected chi connectivity index (χ2v) is 7.66. The molecule has 0 N–H and O–H groups in total. The van der Waals surface area contributed by atoms with Gasteiger partial charge in [0.15, 0.2) is 0 Å². The van der Waals surface area contributed by atoms with Crippen LogP contribution in [0.4, 0.5) is 11.4 Å². The van der Waals surface area contributed by atoms with E-state index in [0.717, 1.165) is 12.1 Å². The fourth-order valence-electron chi connectivity index (χ4n) is 2.81. The number of esters is 1. The number of fused-ring (bicyclic) bond motifs is 2. The highest BCUT2D eigenvalue weighted by Crippen LogP contribution is 2.48. The Bertz CT molecular complexity index is 833. The van der Waals surface area contributed by atoms with Crippen molar-refractivity contribution in [3.8, 4) is 0 Å². The number of ether oxygens (including phenoxy) is 1. The number of para-hydroxylation sites is 1. The Labute approximate surface area is 159 Å². The van der Waals surface area contributed by atoms with Crippen LogP contribution in [0.3, 0.4) is 0 Å². The van der Waals surface area contributed by atoms with Crippen LogP contribution in [0.15, 0.2) is 58.3 Å². The quantitative estimate of drug-likeness (QED) is 0.576. The molecule has 1 unspecified atom stereocenters. The molecule has 0 bridgehead atoms. The number of benzene rings is 2. The topological polar surface area (TPSA) is 32.8 Å². The summed E-state index contributed by atoms with van der Waals surface area (Å²) in [6.45, 7) is 3.15. The lowest BCUT2D eigenvalue weighted by Gasteiger charge is -2.36. The molecule has 0 aliphatic carbocycles. The van der Waals surface area contributed by atoms with Gasteiger partial charge in [-0.15, -0.1) is 0 Å². The average molecular weight is 369 g/mol. The van der Waals surface area contributed by atoms with Crippen LogP contribution in [-0.2, 0) is 9.53 Å². The number of hydrogen-bond donors (Lipinski definition) is 0. The predicted molar refractivity (Wildman–Crippen MR) is 108 cm³/mol. The van der Waals surface area contributed by atoms with Gasteiger partial charge in [0.2, 0.25) is 0 Å². The molecular formula is C21H24N2O2S. The highest BCUT2D eigenvalue weighted by atomic mass is 32.2. The first-order chi connectivity index (χ1) is 12.5. The Balaban J connectivity index is 1.97. The molecule has 136 valence electrons. The number of methoxy groups -OCH3 is 1. The predicted octanol–water partition coefficient (Wildman–Crippen LogP) is 4.43. The number of carbonyl (C=O) groups excluding carboxylic acids is 1. The first-order valence-corrected chi connectivity index (χ1v) is 9.42. The third-order valence-corrected chi connectivity index (χ3v) is 5.70. The summed E-state index contributed by atoms with van der Waals surface area (Å²) in [6, 6.07) is 15.2. The molecule has 1 atom stereocenters. The van der Waals surface area contributed by atoms with E-state index in [1.54, 1.807) is 17.8 Å². The van der Waals surface area contributed by atoms with Crippen molar-refractivity contribution in [1.29, 1.82) is 0 Å². The number of anilines is 2. The van der Waals surface area contributed by atoms with Crippen LogP contribution in [0.2, 0.25) is 0 Å². The molecule has 0 saturated carbocycles. The summed E-state index contributed by atoms with van der Waals surface area (Å²) in [6.07, 6.45) is 3.25. The molecule has 4 nitrogen and oxygen atoms in total. The van der Waals surface area contributed by atoms with Crippen LogP contribution in [0.5, 0.6) is 0 Å². The van der Waals surface area contributed by atoms with E-state index in [0.29, 0.717) is 6.04 Å². The van der Waals surface area contributed by atoms with Crippen molar-refractivity contribution in [2.45, 2.75) is 22.8 Å². The van der Waals surface area contributed by atoms with Crippen LogP contribution in [0, 0.1) is 0 Å². The normalized spacial score (nSPS) is 14.3. The molecule has 0 aromatic heterocycles. The van der Waals surface area contributed by atoms with Crippen LogP contribution < -0.4 is 4.90 Å². The lowest BCUT2D eigenvalue weighted by molar-refractivity contribution is -0.134. The zero-order chi connectivity index (χ0) is 18.7. The molecule has 3 rings (SSSR count). The summed E-state index contributed by atoms with van der Waals surface area (Å²) >= 11 is 1.77. The fourth-order valence-corrected chi connectivity index (χ4v) is 3.95. The van der Waals surface area contributed by atoms with Crippen molar-refractivity contribution in [2.75, 3.05) is 32.6 Å². The Morgan fingerprint density at radius 2 is 1.92 bits per heavy atom. The number of carbonyl (C=O) groups is 1. The SMILES string of the molecule is COC(=O)C=Cc1ccc2c(c1)Sc1ccccc1N2CC(C)N(C)C. The molecule has 1 heterocycles. The molecule has 0 saturated heterocycles. The molecular weight excluding hydrogens is 344 g/mol. The van der Waals surface area contributed by atoms with Crippen LogP contribution in [0.25, 0.3) is 6.08 Å². The van der Waals surface area contributed by atoms with E-state index in [1.807, 2.05) is 6.07 Å². The molecule has 0 amide bonds. The van der Waals surface area contributed by atoms with Gasteiger partial charge in [-0.2, -0.15) is 0 Å². The maximum Gasteiger partial charge on any atom is 0.330 e. The van der Waals surface area contributed by atoms with E-state index >= 15 is 0 Å². The zero-order valence-electron chi connectivity index (χ0n) is 15.6. The van der Waals surface area contributed by atoms with E-state index in [4.69, 9.17) is 0 Å². The van der Waals surface area contributed by atoms with Gasteiger partial charge in [0.25, 0.3) is 0 Å². The minimum absolute atomic E-state index is 0.345. The standard InChI is InChI=1S/C21H24N2O2S/c1-15(22(2)3)14-23-17-7-5-6-8-19(17)26-20-13-16(9-11-18(20)23)10-12-21(24)25-4/h5-13,15H,14H2,1-4H3. The van der Waals surface area contributed by atoms with Crippen LogP contribution in [-0.4, -0.2) is 44.7 Å². The molecule has 0 fully saturated rings. The van der Waals surface area contributed by atoms with Crippen molar-refractivity contribution in [3.63, 3.8) is 0 Å². The summed E-state index contributed by atoms with van der Waals surface area (Å²) < 4.78 is 4.67. The lowest BCUT2D eigenvalue weighted by Crippen LogP contribution is -2.37. The van der Waals surface area contributed by atoms with Gasteiger partial charge in [-0.1, -0.05) is 30.0 Å². The first-order valence-electron chi connectivity index (χ1n) is 8.60. The molecule has 1 aliphatic rings. The van der Waals surface area contributed by atoms with Crippen LogP contribution >= 0.6 is 11.8 Å². The monoisotopic (exact) mass is 368 g/mol. The van der Waals surface area contributed by atoms with Gasteiger partial charge < -0.3 is 14.5 Å². The summed E-state index contributed by atoms with van der Waals surface area (Å²) in [5, 5.41) is 0. The van der Waals surface area contributed by atoms with Crippen molar-refractivity contribution >= 4 is 35.2 Å². The fraction of sp³-hybridized carbons (Fsp3) is 0.286. The second-order valence-electron chi connectivity index (χ2n) is 6.58. The van der Waals surface area contributed by atoms with Crippen molar-refractivity contribution in [3.05, 3.63) is 54.1 Å². The van der Waals surface area contributed by atoms with Gasteiger partial charge in [0, 0.05) is 28.5 Å². The maximum absolute atomic E-state index is 11.3. The third kappa shape index (κ3) is 3.94. The Morgan fingerprint density at radius 3 is 2.65 bits per heavy atom. The molecule has 0 spiro atoms. The average Bonchev–Trinajstić information content (AvgIpc) is 2.65. The molecule has 5 heteroatoms. The Kier molecular flexibility index (Phi) is 5.69. The molecule has 26 heavy (non-hydrogen) atoms. The zero-order valence-corrected chi connectivity index (χ0v) is 16.4. The van der Waals surface area contributed by atoms with E-state index in [2.05, 4.69) is 72.0 Å². The minimum Gasteiger partial charge on any atom is -0.466 e. The number of nitrogens with zero attached hydrogens (tertiary/aromatic N) is 2. The van der Waals surface area contributed by atoms with Gasteiger partial charge in [-0.3, -0.25) is 0 Å². The van der Waals surface area contributed by atoms with Crippen molar-refractivity contribution in [1.82, 2.24) is 4.90 Å². The lowest BCUT2D eigenvalue weighted by atomic mass is 10.1. The van der Waals surface area contributed by atoms with E-state index in [1.165, 1.54) is 34.4 Å². The first kappa shape index (κ1) is 18.5. The highest BCUT2D eigenvalue weighted by Gasteiger charge is 2.25. The number of likely N-dealkylation sites (N-methyl/N-ethyl adjacent to an activating group) is 1. The second kappa shape index (κ2) is 7.98. The Hall–Kier alpha value is -2.24. The van der Waals surface area contributed by atoms with Gasteiger partial charge in [0.05, 0.1) is 18.5 Å². The summed E-state index contributed by atoms with van der Waals surface area (Å²) in [7, 11) is 5.60. The summed E-state index contributed by atoms with van der Waals surface area (Å²) in [5.74, 6) is -0.345. The van der Waals surface area contributed by atoms with Crippen LogP contribution in [0.1, 0.15) is 12.5 Å². The number of hydrogen-bond acceptors (Lipinski definition) is 5. The molecule has 0 radical (unpaired) electrons. The van der Waals surface area contributed by atoms with E-state index in [9.17, 15) is 4.79 Å². The summed E-state index contributed by atoms with van der Waals surface area (Å²) in [4.78, 5) is 18.4. The molecule has 2 aromatic rings. The van der Waals surface area contributed by atoms with Gasteiger partial charge in [-0.05, 0) is 56.9 Å². The highest BCUT2D eigenvalue weighted by molar-refractivity contribution is 7.99. The summed E-state index contributed by atoms with van der Waals surface area (Å²) in [5.41, 5.74) is 3.44. The molecule has 2 aromatic carbocycles. The largest absolute Gasteiger partial charge is 0.466 e. The van der Waals surface area contributed by atoms with E-state index < -0.39 is 0 Å². The van der Waals surface area contributed by atoms with Gasteiger partial charge >= 0.3 is 5.97 Å². The minimum atomic E-state index is -0.345. The van der Waals surface area contributed by atoms with E-state index in [-0.39, 0.29) is 5.97 Å². The molecule has 1 aliphatic heterocycles.